The Bertz CT molecular complexity index is 389. The second-order valence-electron chi connectivity index (χ2n) is 4.17. The quantitative estimate of drug-likeness (QED) is 0.829. The highest BCUT2D eigenvalue weighted by Gasteiger charge is 2.13. The van der Waals surface area contributed by atoms with Crippen LogP contribution < -0.4 is 10.6 Å². The molecule has 2 rings (SSSR count). The van der Waals surface area contributed by atoms with E-state index in [0.717, 1.165) is 32.6 Å². The van der Waals surface area contributed by atoms with Crippen LogP contribution >= 0.6 is 11.6 Å². The average molecular weight is 270 g/mol. The van der Waals surface area contributed by atoms with Crippen molar-refractivity contribution in [3.8, 4) is 0 Å². The van der Waals surface area contributed by atoms with Crippen LogP contribution in [-0.4, -0.2) is 53.7 Å². The fourth-order valence-corrected chi connectivity index (χ4v) is 1.93. The van der Waals surface area contributed by atoms with E-state index >= 15 is 0 Å². The molecule has 0 radical (unpaired) electrons. The first kappa shape index (κ1) is 13.2. The van der Waals surface area contributed by atoms with Gasteiger partial charge in [-0.2, -0.15) is 0 Å². The lowest BCUT2D eigenvalue weighted by atomic mass is 10.4. The molecule has 2 N–H and O–H groups in total. The highest BCUT2D eigenvalue weighted by atomic mass is 35.5. The van der Waals surface area contributed by atoms with Gasteiger partial charge in [0, 0.05) is 13.1 Å². The zero-order chi connectivity index (χ0) is 12.8. The Balaban J connectivity index is 1.82. The Morgan fingerprint density at radius 2 is 2.28 bits per heavy atom. The molecule has 2 heterocycles. The lowest BCUT2D eigenvalue weighted by Crippen LogP contribution is -2.35. The maximum absolute atomic E-state index is 11.8. The molecule has 98 valence electrons. The van der Waals surface area contributed by atoms with E-state index in [2.05, 4.69) is 25.7 Å². The molecular formula is C11H16ClN5O. The van der Waals surface area contributed by atoms with Gasteiger partial charge in [-0.05, 0) is 31.6 Å². The average Bonchev–Trinajstić information content (AvgIpc) is 2.61. The van der Waals surface area contributed by atoms with Gasteiger partial charge in [-0.15, -0.1) is 10.2 Å². The summed E-state index contributed by atoms with van der Waals surface area (Å²) in [6, 6.07) is 3.23. The number of rotatable bonds is 3. The van der Waals surface area contributed by atoms with Crippen molar-refractivity contribution in [3.05, 3.63) is 17.3 Å². The third-order valence-corrected chi connectivity index (χ3v) is 2.90. The first-order valence-electron chi connectivity index (χ1n) is 5.96. The number of hydrogen-bond acceptors (Lipinski definition) is 5. The predicted octanol–water partition coefficient (Wildman–Crippen LogP) is 0.364. The van der Waals surface area contributed by atoms with Gasteiger partial charge in [0.15, 0.2) is 11.0 Å². The highest BCUT2D eigenvalue weighted by molar-refractivity contribution is 6.29. The first-order valence-corrected chi connectivity index (χ1v) is 6.34. The van der Waals surface area contributed by atoms with E-state index in [1.807, 2.05) is 0 Å². The zero-order valence-electron chi connectivity index (χ0n) is 10.0. The predicted molar refractivity (Wildman–Crippen MR) is 69.6 cm³/mol. The molecule has 1 aliphatic heterocycles. The van der Waals surface area contributed by atoms with E-state index in [9.17, 15) is 4.79 Å². The summed E-state index contributed by atoms with van der Waals surface area (Å²) in [5, 5.41) is 13.8. The van der Waals surface area contributed by atoms with E-state index < -0.39 is 0 Å². The summed E-state index contributed by atoms with van der Waals surface area (Å²) in [4.78, 5) is 13.9. The van der Waals surface area contributed by atoms with Crippen LogP contribution in [0.15, 0.2) is 12.1 Å². The minimum atomic E-state index is -0.0754. The van der Waals surface area contributed by atoms with E-state index in [1.165, 1.54) is 0 Å². The minimum absolute atomic E-state index is 0.0754. The van der Waals surface area contributed by atoms with E-state index in [-0.39, 0.29) is 5.91 Å². The highest BCUT2D eigenvalue weighted by Crippen LogP contribution is 2.06. The molecule has 0 aliphatic carbocycles. The van der Waals surface area contributed by atoms with Gasteiger partial charge in [-0.25, -0.2) is 0 Å². The van der Waals surface area contributed by atoms with Crippen LogP contribution in [0.4, 0.5) is 5.82 Å². The molecule has 0 aromatic carbocycles. The normalized spacial score (nSPS) is 17.2. The van der Waals surface area contributed by atoms with Crippen LogP contribution in [0.5, 0.6) is 0 Å². The van der Waals surface area contributed by atoms with Crippen LogP contribution in [0.25, 0.3) is 0 Å². The minimum Gasteiger partial charge on any atom is -0.315 e. The molecule has 18 heavy (non-hydrogen) atoms. The number of carbonyl (C=O) groups excluding carboxylic acids is 1. The molecule has 1 aromatic rings. The number of nitrogens with one attached hydrogen (secondary N) is 2. The maximum Gasteiger partial charge on any atom is 0.239 e. The van der Waals surface area contributed by atoms with Crippen molar-refractivity contribution in [2.75, 3.05) is 38.0 Å². The molecule has 6 nitrogen and oxygen atoms in total. The Kier molecular flexibility index (Phi) is 4.86. The number of aromatic nitrogens is 2. The fraction of sp³-hybridized carbons (Fsp3) is 0.545. The number of nitrogens with zero attached hydrogens (tertiary/aromatic N) is 3. The van der Waals surface area contributed by atoms with Crippen LogP contribution in [0.3, 0.4) is 0 Å². The molecule has 1 amide bonds. The Morgan fingerprint density at radius 3 is 3.06 bits per heavy atom. The Hall–Kier alpha value is -1.24. The van der Waals surface area contributed by atoms with E-state index in [1.54, 1.807) is 12.1 Å². The van der Waals surface area contributed by atoms with Gasteiger partial charge >= 0.3 is 0 Å². The fourth-order valence-electron chi connectivity index (χ4n) is 1.83. The molecule has 1 fully saturated rings. The molecule has 0 bridgehead atoms. The van der Waals surface area contributed by atoms with Gasteiger partial charge in [0.25, 0.3) is 0 Å². The van der Waals surface area contributed by atoms with E-state index in [4.69, 9.17) is 11.6 Å². The largest absolute Gasteiger partial charge is 0.315 e. The monoisotopic (exact) mass is 269 g/mol. The second kappa shape index (κ2) is 6.63. The van der Waals surface area contributed by atoms with Crippen molar-refractivity contribution in [2.24, 2.45) is 0 Å². The number of anilines is 1. The summed E-state index contributed by atoms with van der Waals surface area (Å²) in [5.41, 5.74) is 0. The Morgan fingerprint density at radius 1 is 1.39 bits per heavy atom. The number of halogens is 1. The third kappa shape index (κ3) is 4.21. The summed E-state index contributed by atoms with van der Waals surface area (Å²) in [6.07, 6.45) is 1.06. The number of amides is 1. The molecule has 1 aromatic heterocycles. The molecule has 0 saturated carbocycles. The maximum atomic E-state index is 11.8. The van der Waals surface area contributed by atoms with Crippen molar-refractivity contribution in [3.63, 3.8) is 0 Å². The van der Waals surface area contributed by atoms with Crippen molar-refractivity contribution in [1.82, 2.24) is 20.4 Å². The van der Waals surface area contributed by atoms with Crippen molar-refractivity contribution in [2.45, 2.75) is 6.42 Å². The van der Waals surface area contributed by atoms with Gasteiger partial charge in [0.1, 0.15) is 0 Å². The summed E-state index contributed by atoms with van der Waals surface area (Å²) in [7, 11) is 0. The molecule has 1 aliphatic rings. The standard InChI is InChI=1S/C11H16ClN5O/c12-9-2-3-10(16-15-9)14-11(18)8-17-6-1-4-13-5-7-17/h2-3,13H,1,4-8H2,(H,14,16,18). The lowest BCUT2D eigenvalue weighted by Gasteiger charge is -2.18. The van der Waals surface area contributed by atoms with Crippen LogP contribution in [0.2, 0.25) is 5.15 Å². The van der Waals surface area contributed by atoms with E-state index in [0.29, 0.717) is 17.5 Å². The van der Waals surface area contributed by atoms with Crippen LogP contribution in [0, 0.1) is 0 Å². The number of hydrogen-bond donors (Lipinski definition) is 2. The summed E-state index contributed by atoms with van der Waals surface area (Å²) >= 11 is 5.62. The molecule has 1 saturated heterocycles. The first-order chi connectivity index (χ1) is 8.74. The van der Waals surface area contributed by atoms with Crippen molar-refractivity contribution < 1.29 is 4.79 Å². The van der Waals surface area contributed by atoms with Gasteiger partial charge in [0.05, 0.1) is 6.54 Å². The SMILES string of the molecule is O=C(CN1CCCNCC1)Nc1ccc(Cl)nn1. The van der Waals surface area contributed by atoms with Gasteiger partial charge in [0.2, 0.25) is 5.91 Å². The second-order valence-corrected chi connectivity index (χ2v) is 4.56. The zero-order valence-corrected chi connectivity index (χ0v) is 10.8. The van der Waals surface area contributed by atoms with Crippen LogP contribution in [0.1, 0.15) is 6.42 Å². The molecule has 0 unspecified atom stereocenters. The third-order valence-electron chi connectivity index (χ3n) is 2.70. The summed E-state index contributed by atoms with van der Waals surface area (Å²) in [6.45, 7) is 4.15. The topological polar surface area (TPSA) is 70.2 Å². The summed E-state index contributed by atoms with van der Waals surface area (Å²) in [5.74, 6) is 0.353. The van der Waals surface area contributed by atoms with Gasteiger partial charge < -0.3 is 10.6 Å². The molecular weight excluding hydrogens is 254 g/mol. The van der Waals surface area contributed by atoms with Gasteiger partial charge in [-0.1, -0.05) is 11.6 Å². The number of carbonyl (C=O) groups is 1. The van der Waals surface area contributed by atoms with Crippen molar-refractivity contribution in [1.29, 1.82) is 0 Å². The van der Waals surface area contributed by atoms with Crippen LogP contribution in [-0.2, 0) is 4.79 Å². The smallest absolute Gasteiger partial charge is 0.239 e. The van der Waals surface area contributed by atoms with Gasteiger partial charge in [-0.3, -0.25) is 9.69 Å². The van der Waals surface area contributed by atoms with Crippen molar-refractivity contribution >= 4 is 23.3 Å². The molecule has 0 atom stereocenters. The summed E-state index contributed by atoms with van der Waals surface area (Å²) < 4.78 is 0. The lowest BCUT2D eigenvalue weighted by molar-refractivity contribution is -0.117. The molecule has 7 heteroatoms. The Labute approximate surface area is 111 Å². The molecule has 0 spiro atoms.